The normalized spacial score (nSPS) is 14.1. The SMILES string of the molecule is COc1ccc(C(NC(=O)CNc2ccc(-c3ccccc3)cc2)C2CC2)cc1. The van der Waals surface area contributed by atoms with E-state index in [4.69, 9.17) is 4.74 Å². The van der Waals surface area contributed by atoms with E-state index in [0.717, 1.165) is 35.4 Å². The number of anilines is 1. The molecule has 1 aliphatic carbocycles. The fourth-order valence-corrected chi connectivity index (χ4v) is 3.53. The third-order valence-electron chi connectivity index (χ3n) is 5.33. The Morgan fingerprint density at radius 1 is 0.931 bits per heavy atom. The van der Waals surface area contributed by atoms with Crippen LogP contribution in [-0.4, -0.2) is 19.6 Å². The lowest BCUT2D eigenvalue weighted by Crippen LogP contribution is -2.34. The van der Waals surface area contributed by atoms with Crippen molar-refractivity contribution in [3.05, 3.63) is 84.4 Å². The molecule has 1 aliphatic rings. The molecule has 4 nitrogen and oxygen atoms in total. The third-order valence-corrected chi connectivity index (χ3v) is 5.33. The van der Waals surface area contributed by atoms with E-state index < -0.39 is 0 Å². The Morgan fingerprint density at radius 2 is 1.59 bits per heavy atom. The summed E-state index contributed by atoms with van der Waals surface area (Å²) in [6, 6.07) is 26.5. The molecule has 1 saturated carbocycles. The maximum atomic E-state index is 12.5. The first kappa shape index (κ1) is 19.1. The van der Waals surface area contributed by atoms with E-state index in [9.17, 15) is 4.79 Å². The Kier molecular flexibility index (Phi) is 5.80. The molecule has 3 aromatic rings. The Bertz CT molecular complexity index is 933. The first-order chi connectivity index (χ1) is 14.2. The highest BCUT2D eigenvalue weighted by Crippen LogP contribution is 2.41. The molecule has 1 amide bonds. The lowest BCUT2D eigenvalue weighted by Gasteiger charge is -2.19. The van der Waals surface area contributed by atoms with Crippen LogP contribution in [0.5, 0.6) is 5.75 Å². The molecule has 1 fully saturated rings. The van der Waals surface area contributed by atoms with Gasteiger partial charge < -0.3 is 15.4 Å². The maximum Gasteiger partial charge on any atom is 0.239 e. The van der Waals surface area contributed by atoms with Crippen molar-refractivity contribution in [2.45, 2.75) is 18.9 Å². The molecule has 4 rings (SSSR count). The topological polar surface area (TPSA) is 50.4 Å². The van der Waals surface area contributed by atoms with Gasteiger partial charge in [0.15, 0.2) is 0 Å². The van der Waals surface area contributed by atoms with Crippen molar-refractivity contribution >= 4 is 11.6 Å². The fraction of sp³-hybridized carbons (Fsp3) is 0.240. The van der Waals surface area contributed by atoms with Gasteiger partial charge in [-0.25, -0.2) is 0 Å². The average molecular weight is 386 g/mol. The molecule has 1 atom stereocenters. The predicted molar refractivity (Wildman–Crippen MR) is 117 cm³/mol. The number of carbonyl (C=O) groups excluding carboxylic acids is 1. The van der Waals surface area contributed by atoms with Crippen molar-refractivity contribution < 1.29 is 9.53 Å². The van der Waals surface area contributed by atoms with Gasteiger partial charge in [0.05, 0.1) is 19.7 Å². The van der Waals surface area contributed by atoms with Crippen LogP contribution in [0.15, 0.2) is 78.9 Å². The van der Waals surface area contributed by atoms with E-state index in [1.165, 1.54) is 5.56 Å². The van der Waals surface area contributed by atoms with Crippen molar-refractivity contribution in [3.8, 4) is 16.9 Å². The highest BCUT2D eigenvalue weighted by atomic mass is 16.5. The molecule has 4 heteroatoms. The average Bonchev–Trinajstić information content (AvgIpc) is 3.62. The largest absolute Gasteiger partial charge is 0.497 e. The number of carbonyl (C=O) groups is 1. The van der Waals surface area contributed by atoms with E-state index >= 15 is 0 Å². The minimum Gasteiger partial charge on any atom is -0.497 e. The number of ether oxygens (including phenoxy) is 1. The summed E-state index contributed by atoms with van der Waals surface area (Å²) >= 11 is 0. The maximum absolute atomic E-state index is 12.5. The van der Waals surface area contributed by atoms with E-state index in [1.54, 1.807) is 7.11 Å². The molecule has 0 bridgehead atoms. The summed E-state index contributed by atoms with van der Waals surface area (Å²) in [5, 5.41) is 6.42. The van der Waals surface area contributed by atoms with Crippen molar-refractivity contribution in [1.82, 2.24) is 5.32 Å². The smallest absolute Gasteiger partial charge is 0.239 e. The Balaban J connectivity index is 1.34. The van der Waals surface area contributed by atoms with Crippen LogP contribution in [0.25, 0.3) is 11.1 Å². The molecule has 1 unspecified atom stereocenters. The summed E-state index contributed by atoms with van der Waals surface area (Å²) in [5.74, 6) is 1.36. The van der Waals surface area contributed by atoms with Gasteiger partial charge in [-0.05, 0) is 59.7 Å². The van der Waals surface area contributed by atoms with E-state index in [0.29, 0.717) is 5.92 Å². The molecule has 148 valence electrons. The summed E-state index contributed by atoms with van der Waals surface area (Å²) in [7, 11) is 1.66. The number of benzene rings is 3. The van der Waals surface area contributed by atoms with E-state index in [-0.39, 0.29) is 18.5 Å². The van der Waals surface area contributed by atoms with Gasteiger partial charge in [-0.3, -0.25) is 4.79 Å². The minimum atomic E-state index is 0.00449. The summed E-state index contributed by atoms with van der Waals surface area (Å²) in [4.78, 5) is 12.5. The summed E-state index contributed by atoms with van der Waals surface area (Å²) in [5.41, 5.74) is 4.42. The number of nitrogens with one attached hydrogen (secondary N) is 2. The quantitative estimate of drug-likeness (QED) is 0.570. The number of hydrogen-bond acceptors (Lipinski definition) is 3. The third kappa shape index (κ3) is 4.96. The molecule has 0 aromatic heterocycles. The number of hydrogen-bond donors (Lipinski definition) is 2. The molecule has 0 aliphatic heterocycles. The monoisotopic (exact) mass is 386 g/mol. The van der Waals surface area contributed by atoms with Gasteiger partial charge >= 0.3 is 0 Å². The zero-order valence-electron chi connectivity index (χ0n) is 16.6. The van der Waals surface area contributed by atoms with Gasteiger partial charge in [-0.15, -0.1) is 0 Å². The number of rotatable bonds is 8. The van der Waals surface area contributed by atoms with Crippen LogP contribution in [0.2, 0.25) is 0 Å². The molecule has 0 spiro atoms. The van der Waals surface area contributed by atoms with Crippen LogP contribution in [-0.2, 0) is 4.79 Å². The van der Waals surface area contributed by atoms with Crippen LogP contribution in [0.4, 0.5) is 5.69 Å². The molecule has 29 heavy (non-hydrogen) atoms. The van der Waals surface area contributed by atoms with Crippen LogP contribution < -0.4 is 15.4 Å². The molecule has 3 aromatic carbocycles. The number of amides is 1. The zero-order chi connectivity index (χ0) is 20.1. The minimum absolute atomic E-state index is 0.00449. The Hall–Kier alpha value is -3.27. The first-order valence-electron chi connectivity index (χ1n) is 10.1. The van der Waals surface area contributed by atoms with Crippen molar-refractivity contribution in [1.29, 1.82) is 0 Å². The standard InChI is InChI=1S/C25H26N2O2/c1-29-23-15-11-21(12-16-23)25(20-7-8-20)27-24(28)17-26-22-13-9-19(10-14-22)18-5-3-2-4-6-18/h2-6,9-16,20,25-26H,7-8,17H2,1H3,(H,27,28). The van der Waals surface area contributed by atoms with Gasteiger partial charge in [0, 0.05) is 5.69 Å². The second-order valence-corrected chi connectivity index (χ2v) is 7.45. The highest BCUT2D eigenvalue weighted by Gasteiger charge is 2.33. The molecule has 0 saturated heterocycles. The predicted octanol–water partition coefficient (Wildman–Crippen LogP) is 5.04. The molecule has 0 radical (unpaired) electrons. The Labute approximate surface area is 171 Å². The molecule has 0 heterocycles. The Morgan fingerprint density at radius 3 is 2.21 bits per heavy atom. The van der Waals surface area contributed by atoms with Gasteiger partial charge in [0.25, 0.3) is 0 Å². The lowest BCUT2D eigenvalue weighted by molar-refractivity contribution is -0.120. The second kappa shape index (κ2) is 8.82. The van der Waals surface area contributed by atoms with Gasteiger partial charge in [0.1, 0.15) is 5.75 Å². The summed E-state index contributed by atoms with van der Waals surface area (Å²) in [6.45, 7) is 0.254. The van der Waals surface area contributed by atoms with Gasteiger partial charge in [0.2, 0.25) is 5.91 Å². The number of methoxy groups -OCH3 is 1. The first-order valence-corrected chi connectivity index (χ1v) is 10.1. The second-order valence-electron chi connectivity index (χ2n) is 7.45. The fourth-order valence-electron chi connectivity index (χ4n) is 3.53. The summed E-state index contributed by atoms with van der Waals surface area (Å²) < 4.78 is 5.23. The van der Waals surface area contributed by atoms with Crippen LogP contribution >= 0.6 is 0 Å². The van der Waals surface area contributed by atoms with Crippen molar-refractivity contribution in [3.63, 3.8) is 0 Å². The lowest BCUT2D eigenvalue weighted by atomic mass is 10.0. The van der Waals surface area contributed by atoms with Crippen LogP contribution in [0.1, 0.15) is 24.4 Å². The molecular formula is C25H26N2O2. The van der Waals surface area contributed by atoms with Crippen molar-refractivity contribution in [2.75, 3.05) is 19.0 Å². The molecular weight excluding hydrogens is 360 g/mol. The van der Waals surface area contributed by atoms with Crippen LogP contribution in [0, 0.1) is 5.92 Å². The van der Waals surface area contributed by atoms with E-state index in [2.05, 4.69) is 34.9 Å². The summed E-state index contributed by atoms with van der Waals surface area (Å²) in [6.07, 6.45) is 2.32. The van der Waals surface area contributed by atoms with Gasteiger partial charge in [-0.2, -0.15) is 0 Å². The van der Waals surface area contributed by atoms with Gasteiger partial charge in [-0.1, -0.05) is 54.6 Å². The zero-order valence-corrected chi connectivity index (χ0v) is 16.6. The van der Waals surface area contributed by atoms with E-state index in [1.807, 2.05) is 54.6 Å². The molecule has 2 N–H and O–H groups in total. The van der Waals surface area contributed by atoms with Crippen molar-refractivity contribution in [2.24, 2.45) is 5.92 Å². The highest BCUT2D eigenvalue weighted by molar-refractivity contribution is 5.81. The van der Waals surface area contributed by atoms with Crippen LogP contribution in [0.3, 0.4) is 0 Å².